The van der Waals surface area contributed by atoms with Gasteiger partial charge >= 0.3 is 0 Å². The zero-order valence-corrected chi connectivity index (χ0v) is 21.9. The highest BCUT2D eigenvalue weighted by molar-refractivity contribution is 8.26. The molecule has 0 atom stereocenters. The molecule has 8 heteroatoms. The van der Waals surface area contributed by atoms with Crippen LogP contribution in [0.3, 0.4) is 0 Å². The van der Waals surface area contributed by atoms with Crippen LogP contribution in [0.1, 0.15) is 31.2 Å². The van der Waals surface area contributed by atoms with E-state index in [0.29, 0.717) is 33.7 Å². The SMILES string of the molecule is COc1ccc(C=C2SC(=S)N(CCCCCC(=O)Nc3ccc4ccccc4c3)C2=O)cc1OC. The average molecular weight is 521 g/mol. The molecular weight excluding hydrogens is 492 g/mol. The Bertz CT molecular complexity index is 1320. The number of amides is 2. The zero-order valence-electron chi connectivity index (χ0n) is 20.3. The molecule has 0 unspecified atom stereocenters. The summed E-state index contributed by atoms with van der Waals surface area (Å²) in [5.74, 6) is 1.14. The van der Waals surface area contributed by atoms with Crippen LogP contribution >= 0.6 is 24.0 Å². The van der Waals surface area contributed by atoms with Crippen molar-refractivity contribution in [1.29, 1.82) is 0 Å². The van der Waals surface area contributed by atoms with E-state index in [2.05, 4.69) is 5.32 Å². The Hall–Kier alpha value is -3.36. The van der Waals surface area contributed by atoms with Crippen LogP contribution in [0.25, 0.3) is 16.8 Å². The van der Waals surface area contributed by atoms with Crippen molar-refractivity contribution < 1.29 is 19.1 Å². The Kier molecular flexibility index (Phi) is 8.61. The lowest BCUT2D eigenvalue weighted by molar-refractivity contribution is -0.122. The van der Waals surface area contributed by atoms with Crippen molar-refractivity contribution in [3.63, 3.8) is 0 Å². The molecule has 1 fully saturated rings. The smallest absolute Gasteiger partial charge is 0.266 e. The van der Waals surface area contributed by atoms with Gasteiger partial charge in [0.1, 0.15) is 4.32 Å². The number of thiocarbonyl (C=S) groups is 1. The third-order valence-electron chi connectivity index (χ3n) is 5.90. The summed E-state index contributed by atoms with van der Waals surface area (Å²) in [7, 11) is 3.16. The van der Waals surface area contributed by atoms with Gasteiger partial charge in [-0.2, -0.15) is 0 Å². The van der Waals surface area contributed by atoms with E-state index in [-0.39, 0.29) is 11.8 Å². The summed E-state index contributed by atoms with van der Waals surface area (Å²) in [6.07, 6.45) is 4.61. The molecule has 0 saturated carbocycles. The predicted octanol–water partition coefficient (Wildman–Crippen LogP) is 6.26. The third-order valence-corrected chi connectivity index (χ3v) is 7.28. The van der Waals surface area contributed by atoms with E-state index in [1.54, 1.807) is 19.1 Å². The number of nitrogens with zero attached hydrogens (tertiary/aromatic N) is 1. The summed E-state index contributed by atoms with van der Waals surface area (Å²) in [5, 5.41) is 5.21. The van der Waals surface area contributed by atoms with Gasteiger partial charge in [0.2, 0.25) is 5.91 Å². The first-order valence-corrected chi connectivity index (χ1v) is 13.0. The molecule has 1 aliphatic heterocycles. The first-order chi connectivity index (χ1) is 17.5. The Morgan fingerprint density at radius 3 is 2.53 bits per heavy atom. The molecule has 1 saturated heterocycles. The van der Waals surface area contributed by atoms with Gasteiger partial charge in [-0.15, -0.1) is 0 Å². The van der Waals surface area contributed by atoms with Crippen molar-refractivity contribution in [1.82, 2.24) is 4.90 Å². The van der Waals surface area contributed by atoms with Crippen molar-refractivity contribution in [2.75, 3.05) is 26.1 Å². The maximum atomic E-state index is 12.9. The Morgan fingerprint density at radius 1 is 0.972 bits per heavy atom. The Labute approximate surface area is 220 Å². The number of nitrogens with one attached hydrogen (secondary N) is 1. The normalized spacial score (nSPS) is 14.5. The van der Waals surface area contributed by atoms with Crippen molar-refractivity contribution >= 4 is 62.7 Å². The van der Waals surface area contributed by atoms with Crippen LogP contribution in [-0.4, -0.2) is 41.8 Å². The maximum absolute atomic E-state index is 12.9. The Balaban J connectivity index is 1.23. The van der Waals surface area contributed by atoms with Crippen molar-refractivity contribution in [3.8, 4) is 11.5 Å². The van der Waals surface area contributed by atoms with Gasteiger partial charge in [-0.25, -0.2) is 0 Å². The lowest BCUT2D eigenvalue weighted by Crippen LogP contribution is -2.29. The number of carbonyl (C=O) groups is 2. The number of unbranched alkanes of at least 4 members (excludes halogenated alkanes) is 2. The predicted molar refractivity (Wildman–Crippen MR) is 150 cm³/mol. The van der Waals surface area contributed by atoms with E-state index in [4.69, 9.17) is 21.7 Å². The highest BCUT2D eigenvalue weighted by Crippen LogP contribution is 2.35. The molecule has 36 heavy (non-hydrogen) atoms. The first kappa shape index (κ1) is 25.7. The van der Waals surface area contributed by atoms with Crippen molar-refractivity contribution in [2.24, 2.45) is 0 Å². The summed E-state index contributed by atoms with van der Waals surface area (Å²) in [5.41, 5.74) is 1.64. The van der Waals surface area contributed by atoms with Crippen LogP contribution in [0, 0.1) is 0 Å². The zero-order chi connectivity index (χ0) is 25.5. The fourth-order valence-corrected chi connectivity index (χ4v) is 5.32. The molecule has 0 bridgehead atoms. The second-order valence-electron chi connectivity index (χ2n) is 8.37. The molecule has 0 radical (unpaired) electrons. The number of anilines is 1. The van der Waals surface area contributed by atoms with Gasteiger partial charge in [0.05, 0.1) is 19.1 Å². The van der Waals surface area contributed by atoms with Gasteiger partial charge in [-0.3, -0.25) is 14.5 Å². The lowest BCUT2D eigenvalue weighted by Gasteiger charge is -2.14. The van der Waals surface area contributed by atoms with E-state index in [1.807, 2.05) is 66.7 Å². The number of hydrogen-bond donors (Lipinski definition) is 1. The van der Waals surface area contributed by atoms with Crippen LogP contribution in [0.4, 0.5) is 5.69 Å². The summed E-state index contributed by atoms with van der Waals surface area (Å²) in [6.45, 7) is 0.542. The standard InChI is InChI=1S/C28H28N2O4S2/c1-33-23-14-11-19(16-24(23)34-2)17-25-27(32)30(28(35)36-25)15-7-3-4-10-26(31)29-22-13-12-20-8-5-6-9-21(20)18-22/h5-6,8-9,11-14,16-18H,3-4,7,10,15H2,1-2H3,(H,29,31). The minimum Gasteiger partial charge on any atom is -0.493 e. The molecular formula is C28H28N2O4S2. The van der Waals surface area contributed by atoms with Crippen LogP contribution in [0.15, 0.2) is 65.6 Å². The largest absolute Gasteiger partial charge is 0.493 e. The second kappa shape index (κ2) is 12.1. The minimum atomic E-state index is -0.0890. The minimum absolute atomic E-state index is 0.00579. The van der Waals surface area contributed by atoms with E-state index in [9.17, 15) is 9.59 Å². The van der Waals surface area contributed by atoms with E-state index in [0.717, 1.165) is 41.3 Å². The molecule has 0 aromatic heterocycles. The monoisotopic (exact) mass is 520 g/mol. The molecule has 3 aromatic carbocycles. The number of ether oxygens (including phenoxy) is 2. The van der Waals surface area contributed by atoms with Crippen molar-refractivity contribution in [3.05, 3.63) is 71.1 Å². The number of carbonyl (C=O) groups excluding carboxylic acids is 2. The number of rotatable bonds is 10. The molecule has 186 valence electrons. The number of fused-ring (bicyclic) bond motifs is 1. The van der Waals surface area contributed by atoms with Gasteiger partial charge < -0.3 is 14.8 Å². The molecule has 4 rings (SSSR count). The van der Waals surface area contributed by atoms with Crippen molar-refractivity contribution in [2.45, 2.75) is 25.7 Å². The van der Waals surface area contributed by atoms with Gasteiger partial charge in [0, 0.05) is 18.7 Å². The van der Waals surface area contributed by atoms with Gasteiger partial charge in [-0.05, 0) is 59.5 Å². The van der Waals surface area contributed by atoms with Gasteiger partial charge in [0.15, 0.2) is 11.5 Å². The molecule has 1 aliphatic rings. The average Bonchev–Trinajstić information content (AvgIpc) is 3.15. The van der Waals surface area contributed by atoms with E-state index >= 15 is 0 Å². The van der Waals surface area contributed by atoms with Crippen LogP contribution in [0.2, 0.25) is 0 Å². The molecule has 0 aliphatic carbocycles. The van der Waals surface area contributed by atoms with Gasteiger partial charge in [-0.1, -0.05) is 66.8 Å². The summed E-state index contributed by atoms with van der Waals surface area (Å²) in [4.78, 5) is 27.5. The Morgan fingerprint density at radius 2 is 1.75 bits per heavy atom. The molecule has 3 aromatic rings. The second-order valence-corrected chi connectivity index (χ2v) is 10.0. The fourth-order valence-electron chi connectivity index (χ4n) is 4.01. The van der Waals surface area contributed by atoms with Gasteiger partial charge in [0.25, 0.3) is 5.91 Å². The molecule has 6 nitrogen and oxygen atoms in total. The molecule has 0 spiro atoms. The fraction of sp³-hybridized carbons (Fsp3) is 0.250. The maximum Gasteiger partial charge on any atom is 0.266 e. The first-order valence-electron chi connectivity index (χ1n) is 11.7. The number of benzene rings is 3. The highest BCUT2D eigenvalue weighted by Gasteiger charge is 2.31. The summed E-state index contributed by atoms with van der Waals surface area (Å²) < 4.78 is 11.2. The number of methoxy groups -OCH3 is 2. The van der Waals surface area contributed by atoms with E-state index in [1.165, 1.54) is 11.8 Å². The number of hydrogen-bond acceptors (Lipinski definition) is 6. The number of thioether (sulfide) groups is 1. The molecule has 2 amide bonds. The summed E-state index contributed by atoms with van der Waals surface area (Å²) >= 11 is 6.75. The topological polar surface area (TPSA) is 67.9 Å². The van der Waals surface area contributed by atoms with Crippen LogP contribution < -0.4 is 14.8 Å². The van der Waals surface area contributed by atoms with E-state index < -0.39 is 0 Å². The van der Waals surface area contributed by atoms with Crippen LogP contribution in [0.5, 0.6) is 11.5 Å². The van der Waals surface area contributed by atoms with Crippen LogP contribution in [-0.2, 0) is 9.59 Å². The third kappa shape index (κ3) is 6.25. The molecule has 1 N–H and O–H groups in total. The summed E-state index contributed by atoms with van der Waals surface area (Å²) in [6, 6.07) is 19.5. The highest BCUT2D eigenvalue weighted by atomic mass is 32.2. The molecule has 1 heterocycles. The quantitative estimate of drug-likeness (QED) is 0.193. The lowest BCUT2D eigenvalue weighted by atomic mass is 10.1.